The van der Waals surface area contributed by atoms with E-state index in [-0.39, 0.29) is 12.0 Å². The summed E-state index contributed by atoms with van der Waals surface area (Å²) in [5.74, 6) is -0.274. The van der Waals surface area contributed by atoms with Crippen molar-refractivity contribution in [3.8, 4) is 0 Å². The van der Waals surface area contributed by atoms with Gasteiger partial charge in [-0.05, 0) is 43.0 Å². The Balaban J connectivity index is 1.70. The van der Waals surface area contributed by atoms with Crippen LogP contribution in [0.4, 0.5) is 14.5 Å². The van der Waals surface area contributed by atoms with Crippen LogP contribution in [-0.4, -0.2) is 5.84 Å². The lowest BCUT2D eigenvalue weighted by atomic mass is 9.67. The Bertz CT molecular complexity index is 905. The molecule has 1 heterocycles. The van der Waals surface area contributed by atoms with Gasteiger partial charge in [-0.15, -0.1) is 0 Å². The van der Waals surface area contributed by atoms with E-state index in [4.69, 9.17) is 28.2 Å². The molecule has 0 radical (unpaired) electrons. The predicted octanol–water partition coefficient (Wildman–Crippen LogP) is 6.79. The number of benzene rings is 2. The molecule has 1 saturated carbocycles. The molecule has 0 aromatic heterocycles. The van der Waals surface area contributed by atoms with Crippen molar-refractivity contribution in [2.45, 2.75) is 45.1 Å². The first kappa shape index (κ1) is 18.7. The number of hydrogen-bond donors (Lipinski definition) is 1. The molecule has 0 unspecified atom stereocenters. The van der Waals surface area contributed by atoms with Crippen molar-refractivity contribution < 1.29 is 8.78 Å². The second-order valence-electron chi connectivity index (χ2n) is 7.47. The highest BCUT2D eigenvalue weighted by Crippen LogP contribution is 2.46. The Morgan fingerprint density at radius 1 is 1.00 bits per heavy atom. The van der Waals surface area contributed by atoms with Crippen molar-refractivity contribution in [3.63, 3.8) is 0 Å². The number of rotatable bonds is 2. The fourth-order valence-corrected chi connectivity index (χ4v) is 4.57. The van der Waals surface area contributed by atoms with Crippen LogP contribution in [0.3, 0.4) is 0 Å². The van der Waals surface area contributed by atoms with Gasteiger partial charge < -0.3 is 5.32 Å². The molecule has 0 atom stereocenters. The lowest BCUT2D eigenvalue weighted by Gasteiger charge is -2.42. The maximum absolute atomic E-state index is 14.0. The zero-order valence-corrected chi connectivity index (χ0v) is 16.3. The van der Waals surface area contributed by atoms with Crippen LogP contribution in [0, 0.1) is 17.0 Å². The van der Waals surface area contributed by atoms with Crippen molar-refractivity contribution in [2.75, 3.05) is 5.32 Å². The van der Waals surface area contributed by atoms with Crippen LogP contribution < -0.4 is 5.32 Å². The smallest absolute Gasteiger partial charge is 0.131 e. The molecule has 1 N–H and O–H groups in total. The molecular formula is C21H20Cl2F2N2. The van der Waals surface area contributed by atoms with E-state index in [1.807, 2.05) is 12.1 Å². The van der Waals surface area contributed by atoms with E-state index in [2.05, 4.69) is 5.32 Å². The number of nitrogens with one attached hydrogen (secondary N) is 1. The number of halogens is 4. The number of anilines is 1. The highest BCUT2D eigenvalue weighted by Gasteiger charge is 2.41. The molecule has 27 heavy (non-hydrogen) atoms. The third-order valence-electron chi connectivity index (χ3n) is 5.66. The molecule has 1 aliphatic heterocycles. The largest absolute Gasteiger partial charge is 0.343 e. The molecule has 142 valence electrons. The van der Waals surface area contributed by atoms with E-state index in [0.717, 1.165) is 55.3 Å². The highest BCUT2D eigenvalue weighted by atomic mass is 35.5. The third kappa shape index (κ3) is 3.70. The van der Waals surface area contributed by atoms with Crippen LogP contribution >= 0.6 is 23.2 Å². The second-order valence-corrected chi connectivity index (χ2v) is 8.28. The van der Waals surface area contributed by atoms with Gasteiger partial charge in [0.05, 0.1) is 16.6 Å². The summed E-state index contributed by atoms with van der Waals surface area (Å²) < 4.78 is 27.2. The molecule has 0 bridgehead atoms. The van der Waals surface area contributed by atoms with Gasteiger partial charge in [0.1, 0.15) is 17.5 Å². The molecular weight excluding hydrogens is 389 g/mol. The van der Waals surface area contributed by atoms with Gasteiger partial charge >= 0.3 is 0 Å². The minimum Gasteiger partial charge on any atom is -0.343 e. The average molecular weight is 409 g/mol. The van der Waals surface area contributed by atoms with Crippen LogP contribution in [0.5, 0.6) is 0 Å². The van der Waals surface area contributed by atoms with E-state index >= 15 is 0 Å². The summed E-state index contributed by atoms with van der Waals surface area (Å²) in [6.45, 7) is 0.173. The quantitative estimate of drug-likeness (QED) is 0.580. The Kier molecular flexibility index (Phi) is 5.13. The summed E-state index contributed by atoms with van der Waals surface area (Å²) >= 11 is 12.4. The monoisotopic (exact) mass is 408 g/mol. The SMILES string of the molecule is Fc1ccc(CN=C2Nc3cc(Cl)c(Cl)cc3CC23CCCCC3)c(F)c1. The number of fused-ring (bicyclic) bond motifs is 1. The van der Waals surface area contributed by atoms with Gasteiger partial charge in [0.25, 0.3) is 0 Å². The lowest BCUT2D eigenvalue weighted by molar-refractivity contribution is 0.278. The summed E-state index contributed by atoms with van der Waals surface area (Å²) in [7, 11) is 0. The number of aliphatic imine (C=N–C) groups is 1. The Labute approximate surface area is 167 Å². The predicted molar refractivity (Wildman–Crippen MR) is 107 cm³/mol. The molecule has 0 saturated heterocycles. The van der Waals surface area contributed by atoms with Crippen LogP contribution in [0.1, 0.15) is 43.2 Å². The first-order chi connectivity index (χ1) is 13.0. The second kappa shape index (κ2) is 7.40. The van der Waals surface area contributed by atoms with Crippen molar-refractivity contribution in [1.82, 2.24) is 0 Å². The summed E-state index contributed by atoms with van der Waals surface area (Å²) in [6.07, 6.45) is 6.41. The Hall–Kier alpha value is -1.65. The lowest BCUT2D eigenvalue weighted by Crippen LogP contribution is -2.43. The van der Waals surface area contributed by atoms with Crippen LogP contribution in [0.2, 0.25) is 10.0 Å². The third-order valence-corrected chi connectivity index (χ3v) is 6.39. The fourth-order valence-electron chi connectivity index (χ4n) is 4.22. The summed E-state index contributed by atoms with van der Waals surface area (Å²) in [5, 5.41) is 4.48. The zero-order valence-electron chi connectivity index (χ0n) is 14.8. The Morgan fingerprint density at radius 2 is 1.74 bits per heavy atom. The first-order valence-corrected chi connectivity index (χ1v) is 9.96. The van der Waals surface area contributed by atoms with E-state index in [9.17, 15) is 8.78 Å². The molecule has 4 rings (SSSR count). The standard InChI is InChI=1S/C21H20Cl2F2N2/c22-16-8-14-11-21(6-2-1-3-7-21)20(27-19(14)10-17(16)23)26-12-13-4-5-15(24)9-18(13)25/h4-5,8-10H,1-3,6-7,11-12H2,(H,26,27). The van der Waals surface area contributed by atoms with Crippen LogP contribution in [0.15, 0.2) is 35.3 Å². The van der Waals surface area contributed by atoms with Crippen LogP contribution in [-0.2, 0) is 13.0 Å². The van der Waals surface area contributed by atoms with Gasteiger partial charge in [0.2, 0.25) is 0 Å². The zero-order chi connectivity index (χ0) is 19.0. The molecule has 0 amide bonds. The summed E-state index contributed by atoms with van der Waals surface area (Å²) in [5.41, 5.74) is 2.34. The minimum absolute atomic E-state index is 0.0844. The van der Waals surface area contributed by atoms with Gasteiger partial charge in [-0.2, -0.15) is 0 Å². The fraction of sp³-hybridized carbons (Fsp3) is 0.381. The molecule has 6 heteroatoms. The van der Waals surface area contributed by atoms with E-state index < -0.39 is 11.6 Å². The van der Waals surface area contributed by atoms with Crippen molar-refractivity contribution in [2.24, 2.45) is 10.4 Å². The van der Waals surface area contributed by atoms with Crippen molar-refractivity contribution >= 4 is 34.7 Å². The van der Waals surface area contributed by atoms with Gasteiger partial charge in [0, 0.05) is 22.7 Å². The van der Waals surface area contributed by atoms with Gasteiger partial charge in [-0.3, -0.25) is 4.99 Å². The van der Waals surface area contributed by atoms with E-state index in [0.29, 0.717) is 15.6 Å². The van der Waals surface area contributed by atoms with Gasteiger partial charge in [0.15, 0.2) is 0 Å². The number of amidine groups is 1. The van der Waals surface area contributed by atoms with Gasteiger partial charge in [-0.25, -0.2) is 8.78 Å². The first-order valence-electron chi connectivity index (χ1n) is 9.21. The van der Waals surface area contributed by atoms with Crippen molar-refractivity contribution in [3.05, 3.63) is 63.1 Å². The normalized spacial score (nSPS) is 19.8. The molecule has 1 fully saturated rings. The van der Waals surface area contributed by atoms with E-state index in [1.54, 1.807) is 0 Å². The molecule has 2 aliphatic rings. The topological polar surface area (TPSA) is 24.4 Å². The Morgan fingerprint density at radius 3 is 2.48 bits per heavy atom. The maximum Gasteiger partial charge on any atom is 0.131 e. The molecule has 2 nitrogen and oxygen atoms in total. The van der Waals surface area contributed by atoms with E-state index in [1.165, 1.54) is 18.6 Å². The summed E-state index contributed by atoms with van der Waals surface area (Å²) in [6, 6.07) is 7.37. The minimum atomic E-state index is -0.580. The van der Waals surface area contributed by atoms with Gasteiger partial charge in [-0.1, -0.05) is 48.5 Å². The number of hydrogen-bond acceptors (Lipinski definition) is 1. The van der Waals surface area contributed by atoms with Crippen molar-refractivity contribution in [1.29, 1.82) is 0 Å². The molecule has 2 aromatic rings. The molecule has 2 aromatic carbocycles. The summed E-state index contributed by atoms with van der Waals surface area (Å²) in [4.78, 5) is 4.74. The number of nitrogens with zero attached hydrogens (tertiary/aromatic N) is 1. The highest BCUT2D eigenvalue weighted by molar-refractivity contribution is 6.42. The maximum atomic E-state index is 14.0. The molecule has 1 aliphatic carbocycles. The molecule has 1 spiro atoms. The average Bonchev–Trinajstić information content (AvgIpc) is 2.64. The van der Waals surface area contributed by atoms with Crippen LogP contribution in [0.25, 0.3) is 0 Å².